The molecular weight excluding hydrogens is 274 g/mol. The van der Waals surface area contributed by atoms with Crippen LogP contribution in [0.5, 0.6) is 0 Å². The molecule has 0 aromatic carbocycles. The molecule has 0 atom stereocenters. The first-order valence-electron chi connectivity index (χ1n) is 8.60. The predicted molar refractivity (Wildman–Crippen MR) is 89.7 cm³/mol. The van der Waals surface area contributed by atoms with Crippen molar-refractivity contribution in [3.8, 4) is 0 Å². The SMILES string of the molecule is CCCC1CCC(n2nc(C(C)C)c3c(N)ncnc32)CC1. The molecule has 0 amide bonds. The summed E-state index contributed by atoms with van der Waals surface area (Å²) in [5.74, 6) is 1.78. The van der Waals surface area contributed by atoms with Gasteiger partial charge in [-0.15, -0.1) is 0 Å². The number of hydrogen-bond acceptors (Lipinski definition) is 4. The molecule has 0 bridgehead atoms. The van der Waals surface area contributed by atoms with Crippen LogP contribution in [0.1, 0.15) is 76.9 Å². The second-order valence-corrected chi connectivity index (χ2v) is 6.91. The van der Waals surface area contributed by atoms with Crippen LogP contribution in [0, 0.1) is 5.92 Å². The molecule has 1 aliphatic carbocycles. The zero-order valence-electron chi connectivity index (χ0n) is 13.9. The van der Waals surface area contributed by atoms with E-state index in [1.807, 2.05) is 0 Å². The van der Waals surface area contributed by atoms with E-state index in [1.54, 1.807) is 6.33 Å². The summed E-state index contributed by atoms with van der Waals surface area (Å²) < 4.78 is 2.13. The van der Waals surface area contributed by atoms with Gasteiger partial charge < -0.3 is 5.73 Å². The quantitative estimate of drug-likeness (QED) is 0.924. The molecule has 5 heteroatoms. The first kappa shape index (κ1) is 15.3. The molecule has 120 valence electrons. The van der Waals surface area contributed by atoms with Crippen LogP contribution in [0.25, 0.3) is 11.0 Å². The third-order valence-corrected chi connectivity index (χ3v) is 4.95. The molecule has 0 saturated heterocycles. The summed E-state index contributed by atoms with van der Waals surface area (Å²) in [5.41, 5.74) is 8.04. The molecular formula is C17H27N5. The molecule has 3 rings (SSSR count). The minimum atomic E-state index is 0.327. The van der Waals surface area contributed by atoms with E-state index in [0.717, 1.165) is 22.6 Å². The number of nitrogens with two attached hydrogens (primary N) is 1. The van der Waals surface area contributed by atoms with Gasteiger partial charge in [0.25, 0.3) is 0 Å². The number of anilines is 1. The zero-order chi connectivity index (χ0) is 15.7. The van der Waals surface area contributed by atoms with Crippen LogP contribution >= 0.6 is 0 Å². The Morgan fingerprint density at radius 3 is 2.59 bits per heavy atom. The summed E-state index contributed by atoms with van der Waals surface area (Å²) in [6.07, 6.45) is 9.21. The summed E-state index contributed by atoms with van der Waals surface area (Å²) >= 11 is 0. The molecule has 0 unspecified atom stereocenters. The van der Waals surface area contributed by atoms with Gasteiger partial charge in [0.05, 0.1) is 17.1 Å². The van der Waals surface area contributed by atoms with Crippen LogP contribution in [0.4, 0.5) is 5.82 Å². The minimum Gasteiger partial charge on any atom is -0.383 e. The molecule has 1 saturated carbocycles. The van der Waals surface area contributed by atoms with Crippen LogP contribution in [0.2, 0.25) is 0 Å². The fraction of sp³-hybridized carbons (Fsp3) is 0.706. The molecule has 2 heterocycles. The Morgan fingerprint density at radius 2 is 1.95 bits per heavy atom. The molecule has 2 aromatic rings. The average Bonchev–Trinajstić information content (AvgIpc) is 2.90. The van der Waals surface area contributed by atoms with Gasteiger partial charge in [-0.25, -0.2) is 14.6 Å². The standard InChI is InChI=1S/C17H27N5/c1-4-5-12-6-8-13(9-7-12)22-17-14(15(21-22)11(2)3)16(18)19-10-20-17/h10-13H,4-9H2,1-3H3,(H2,18,19,20). The Labute approximate surface area is 132 Å². The largest absolute Gasteiger partial charge is 0.383 e. The number of nitrogens with zero attached hydrogens (tertiary/aromatic N) is 4. The maximum absolute atomic E-state index is 6.09. The fourth-order valence-electron chi connectivity index (χ4n) is 3.77. The molecule has 0 aliphatic heterocycles. The lowest BCUT2D eigenvalue weighted by molar-refractivity contribution is 0.253. The number of aromatic nitrogens is 4. The highest BCUT2D eigenvalue weighted by Gasteiger charge is 2.26. The lowest BCUT2D eigenvalue weighted by Crippen LogP contribution is -2.19. The van der Waals surface area contributed by atoms with Gasteiger partial charge in [-0.05, 0) is 37.5 Å². The van der Waals surface area contributed by atoms with Crippen molar-refractivity contribution in [3.63, 3.8) is 0 Å². The lowest BCUT2D eigenvalue weighted by atomic mass is 9.83. The summed E-state index contributed by atoms with van der Waals surface area (Å²) in [7, 11) is 0. The van der Waals surface area contributed by atoms with E-state index in [4.69, 9.17) is 10.8 Å². The number of rotatable bonds is 4. The predicted octanol–water partition coefficient (Wildman–Crippen LogP) is 4.06. The highest BCUT2D eigenvalue weighted by molar-refractivity contribution is 5.88. The van der Waals surface area contributed by atoms with E-state index in [1.165, 1.54) is 38.5 Å². The van der Waals surface area contributed by atoms with Crippen LogP contribution in [0.15, 0.2) is 6.33 Å². The molecule has 0 spiro atoms. The van der Waals surface area contributed by atoms with Gasteiger partial charge in [-0.1, -0.05) is 33.6 Å². The summed E-state index contributed by atoms with van der Waals surface area (Å²) in [5, 5.41) is 5.83. The third-order valence-electron chi connectivity index (χ3n) is 4.95. The fourth-order valence-corrected chi connectivity index (χ4v) is 3.77. The molecule has 22 heavy (non-hydrogen) atoms. The van der Waals surface area contributed by atoms with Crippen molar-refractivity contribution < 1.29 is 0 Å². The van der Waals surface area contributed by atoms with Crippen molar-refractivity contribution in [1.29, 1.82) is 0 Å². The van der Waals surface area contributed by atoms with E-state index < -0.39 is 0 Å². The first-order valence-corrected chi connectivity index (χ1v) is 8.60. The van der Waals surface area contributed by atoms with Gasteiger partial charge in [0.2, 0.25) is 0 Å². The molecule has 0 radical (unpaired) electrons. The average molecular weight is 301 g/mol. The topological polar surface area (TPSA) is 69.6 Å². The van der Waals surface area contributed by atoms with Gasteiger partial charge in [0, 0.05) is 0 Å². The Morgan fingerprint density at radius 1 is 1.23 bits per heavy atom. The van der Waals surface area contributed by atoms with E-state index in [2.05, 4.69) is 35.4 Å². The monoisotopic (exact) mass is 301 g/mol. The smallest absolute Gasteiger partial charge is 0.163 e. The van der Waals surface area contributed by atoms with Crippen molar-refractivity contribution in [2.45, 2.75) is 71.3 Å². The zero-order valence-corrected chi connectivity index (χ0v) is 13.9. The lowest BCUT2D eigenvalue weighted by Gasteiger charge is -2.28. The van der Waals surface area contributed by atoms with Crippen LogP contribution in [0.3, 0.4) is 0 Å². The molecule has 5 nitrogen and oxygen atoms in total. The van der Waals surface area contributed by atoms with E-state index >= 15 is 0 Å². The van der Waals surface area contributed by atoms with Crippen molar-refractivity contribution in [1.82, 2.24) is 19.7 Å². The summed E-state index contributed by atoms with van der Waals surface area (Å²) in [4.78, 5) is 8.64. The summed E-state index contributed by atoms with van der Waals surface area (Å²) in [6.45, 7) is 6.58. The van der Waals surface area contributed by atoms with E-state index in [-0.39, 0.29) is 0 Å². The Kier molecular flexibility index (Phi) is 4.32. The second kappa shape index (κ2) is 6.23. The van der Waals surface area contributed by atoms with E-state index in [9.17, 15) is 0 Å². The van der Waals surface area contributed by atoms with Gasteiger partial charge in [0.1, 0.15) is 12.1 Å². The first-order chi connectivity index (χ1) is 10.6. The van der Waals surface area contributed by atoms with Gasteiger partial charge >= 0.3 is 0 Å². The molecule has 1 aliphatic rings. The Bertz CT molecular complexity index is 638. The Hall–Kier alpha value is -1.65. The van der Waals surface area contributed by atoms with Gasteiger partial charge in [0.15, 0.2) is 5.65 Å². The van der Waals surface area contributed by atoms with Crippen molar-refractivity contribution in [2.24, 2.45) is 5.92 Å². The third kappa shape index (κ3) is 2.69. The van der Waals surface area contributed by atoms with Crippen molar-refractivity contribution in [3.05, 3.63) is 12.0 Å². The molecule has 2 aromatic heterocycles. The molecule has 2 N–H and O–H groups in total. The highest BCUT2D eigenvalue weighted by Crippen LogP contribution is 2.37. The number of nitrogen functional groups attached to an aromatic ring is 1. The highest BCUT2D eigenvalue weighted by atomic mass is 15.3. The van der Waals surface area contributed by atoms with Gasteiger partial charge in [-0.3, -0.25) is 0 Å². The minimum absolute atomic E-state index is 0.327. The second-order valence-electron chi connectivity index (χ2n) is 6.91. The van der Waals surface area contributed by atoms with Crippen LogP contribution < -0.4 is 5.73 Å². The maximum Gasteiger partial charge on any atom is 0.163 e. The summed E-state index contributed by atoms with van der Waals surface area (Å²) in [6, 6.07) is 0.456. The van der Waals surface area contributed by atoms with Crippen LogP contribution in [-0.4, -0.2) is 19.7 Å². The maximum atomic E-state index is 6.09. The number of fused-ring (bicyclic) bond motifs is 1. The number of hydrogen-bond donors (Lipinski definition) is 1. The van der Waals surface area contributed by atoms with Gasteiger partial charge in [-0.2, -0.15) is 5.10 Å². The normalized spacial score (nSPS) is 22.5. The van der Waals surface area contributed by atoms with Crippen molar-refractivity contribution >= 4 is 16.9 Å². The Balaban J connectivity index is 1.93. The van der Waals surface area contributed by atoms with Crippen LogP contribution in [-0.2, 0) is 0 Å². The van der Waals surface area contributed by atoms with E-state index in [0.29, 0.717) is 17.8 Å². The van der Waals surface area contributed by atoms with Crippen molar-refractivity contribution in [2.75, 3.05) is 5.73 Å². The molecule has 1 fully saturated rings.